The van der Waals surface area contributed by atoms with Crippen LogP contribution in [0.15, 0.2) is 30.3 Å². The maximum absolute atomic E-state index is 12.3. The molecule has 0 saturated carbocycles. The zero-order valence-corrected chi connectivity index (χ0v) is 15.3. The monoisotopic (exact) mass is 348 g/mol. The average Bonchev–Trinajstić information content (AvgIpc) is 2.64. The molecule has 0 aliphatic rings. The third-order valence-corrected chi connectivity index (χ3v) is 4.36. The largest absolute Gasteiger partial charge is 0.355 e. The van der Waals surface area contributed by atoms with Crippen molar-refractivity contribution in [1.82, 2.24) is 10.8 Å². The van der Waals surface area contributed by atoms with E-state index in [-0.39, 0.29) is 12.3 Å². The van der Waals surface area contributed by atoms with Crippen LogP contribution in [-0.4, -0.2) is 23.6 Å². The predicted octanol–water partition coefficient (Wildman–Crippen LogP) is 3.61. The van der Waals surface area contributed by atoms with E-state index in [4.69, 9.17) is 5.21 Å². The van der Waals surface area contributed by atoms with E-state index in [0.29, 0.717) is 6.54 Å². The van der Waals surface area contributed by atoms with Crippen LogP contribution in [0, 0.1) is 5.92 Å². The van der Waals surface area contributed by atoms with Crippen molar-refractivity contribution in [3.63, 3.8) is 0 Å². The summed E-state index contributed by atoms with van der Waals surface area (Å²) in [6.07, 6.45) is 9.88. The van der Waals surface area contributed by atoms with Crippen LogP contribution in [0.25, 0.3) is 0 Å². The van der Waals surface area contributed by atoms with Gasteiger partial charge in [-0.05, 0) is 18.4 Å². The highest BCUT2D eigenvalue weighted by atomic mass is 16.5. The summed E-state index contributed by atoms with van der Waals surface area (Å²) in [6.45, 7) is 2.78. The molecule has 0 radical (unpaired) electrons. The molecule has 0 aliphatic heterocycles. The molecule has 0 saturated heterocycles. The lowest BCUT2D eigenvalue weighted by atomic mass is 9.97. The Morgan fingerprint density at radius 3 is 2.12 bits per heavy atom. The van der Waals surface area contributed by atoms with Crippen LogP contribution in [-0.2, 0) is 16.0 Å². The van der Waals surface area contributed by atoms with E-state index in [1.807, 2.05) is 30.3 Å². The van der Waals surface area contributed by atoms with Gasteiger partial charge in [0.2, 0.25) is 5.91 Å². The number of hydroxylamine groups is 1. The van der Waals surface area contributed by atoms with Gasteiger partial charge in [-0.1, -0.05) is 82.2 Å². The van der Waals surface area contributed by atoms with Crippen molar-refractivity contribution in [2.24, 2.45) is 5.92 Å². The lowest BCUT2D eigenvalue weighted by Crippen LogP contribution is -2.41. The lowest BCUT2D eigenvalue weighted by Gasteiger charge is -2.15. The second-order valence-electron chi connectivity index (χ2n) is 6.48. The maximum Gasteiger partial charge on any atom is 0.256 e. The third kappa shape index (κ3) is 9.25. The molecule has 0 heterocycles. The molecule has 1 atom stereocenters. The van der Waals surface area contributed by atoms with Crippen LogP contribution in [0.1, 0.15) is 63.9 Å². The molecule has 5 nitrogen and oxygen atoms in total. The number of amides is 2. The zero-order valence-electron chi connectivity index (χ0n) is 15.3. The number of carbonyl (C=O) groups is 2. The van der Waals surface area contributed by atoms with E-state index in [1.54, 1.807) is 5.48 Å². The normalized spacial score (nSPS) is 11.8. The average molecular weight is 348 g/mol. The predicted molar refractivity (Wildman–Crippen MR) is 99.2 cm³/mol. The summed E-state index contributed by atoms with van der Waals surface area (Å²) in [5, 5.41) is 11.7. The first-order valence-corrected chi connectivity index (χ1v) is 9.44. The molecular formula is C20H32N2O3. The highest BCUT2D eigenvalue weighted by molar-refractivity contribution is 6.00. The Kier molecular flexibility index (Phi) is 11.4. The quantitative estimate of drug-likeness (QED) is 0.220. The summed E-state index contributed by atoms with van der Waals surface area (Å²) in [5.74, 6) is -1.92. The van der Waals surface area contributed by atoms with E-state index in [9.17, 15) is 9.59 Å². The van der Waals surface area contributed by atoms with Crippen LogP contribution in [0.2, 0.25) is 0 Å². The van der Waals surface area contributed by atoms with Crippen LogP contribution >= 0.6 is 0 Å². The molecule has 0 fully saturated rings. The van der Waals surface area contributed by atoms with Crippen LogP contribution in [0.3, 0.4) is 0 Å². The molecule has 1 aromatic carbocycles. The summed E-state index contributed by atoms with van der Waals surface area (Å²) in [7, 11) is 0. The van der Waals surface area contributed by atoms with Crippen molar-refractivity contribution in [2.45, 2.75) is 64.7 Å². The minimum atomic E-state index is -0.915. The molecule has 3 N–H and O–H groups in total. The van der Waals surface area contributed by atoms with Gasteiger partial charge in [0, 0.05) is 6.54 Å². The molecule has 1 rings (SSSR count). The molecular weight excluding hydrogens is 316 g/mol. The van der Waals surface area contributed by atoms with Crippen LogP contribution < -0.4 is 10.8 Å². The summed E-state index contributed by atoms with van der Waals surface area (Å²) >= 11 is 0. The Labute approximate surface area is 151 Å². The van der Waals surface area contributed by atoms with E-state index in [2.05, 4.69) is 12.2 Å². The zero-order chi connectivity index (χ0) is 18.3. The smallest absolute Gasteiger partial charge is 0.256 e. The first-order valence-electron chi connectivity index (χ1n) is 9.44. The molecule has 0 aromatic heterocycles. The highest BCUT2D eigenvalue weighted by Gasteiger charge is 2.26. The van der Waals surface area contributed by atoms with Gasteiger partial charge in [0.15, 0.2) is 0 Å². The highest BCUT2D eigenvalue weighted by Crippen LogP contribution is 2.10. The lowest BCUT2D eigenvalue weighted by molar-refractivity contribution is -0.140. The third-order valence-electron chi connectivity index (χ3n) is 4.36. The fourth-order valence-electron chi connectivity index (χ4n) is 2.83. The van der Waals surface area contributed by atoms with Crippen molar-refractivity contribution >= 4 is 11.8 Å². The minimum Gasteiger partial charge on any atom is -0.355 e. The summed E-state index contributed by atoms with van der Waals surface area (Å²) in [6, 6.07) is 9.34. The summed E-state index contributed by atoms with van der Waals surface area (Å²) < 4.78 is 0. The molecule has 1 unspecified atom stereocenters. The van der Waals surface area contributed by atoms with Gasteiger partial charge in [-0.25, -0.2) is 5.48 Å². The summed E-state index contributed by atoms with van der Waals surface area (Å²) in [5.41, 5.74) is 2.49. The fraction of sp³-hybridized carbons (Fsp3) is 0.600. The van der Waals surface area contributed by atoms with Gasteiger partial charge in [-0.15, -0.1) is 0 Å². The van der Waals surface area contributed by atoms with Gasteiger partial charge < -0.3 is 5.32 Å². The van der Waals surface area contributed by atoms with E-state index >= 15 is 0 Å². The minimum absolute atomic E-state index is 0.274. The first kappa shape index (κ1) is 21.2. The molecule has 0 bridgehead atoms. The van der Waals surface area contributed by atoms with Gasteiger partial charge in [0.25, 0.3) is 5.91 Å². The Morgan fingerprint density at radius 2 is 1.52 bits per heavy atom. The van der Waals surface area contributed by atoms with Crippen molar-refractivity contribution in [3.8, 4) is 0 Å². The van der Waals surface area contributed by atoms with E-state index in [1.165, 1.54) is 38.5 Å². The summed E-state index contributed by atoms with van der Waals surface area (Å²) in [4.78, 5) is 24.1. The van der Waals surface area contributed by atoms with Gasteiger partial charge in [-0.3, -0.25) is 14.8 Å². The molecule has 140 valence electrons. The van der Waals surface area contributed by atoms with Crippen LogP contribution in [0.4, 0.5) is 0 Å². The van der Waals surface area contributed by atoms with Crippen LogP contribution in [0.5, 0.6) is 0 Å². The van der Waals surface area contributed by atoms with E-state index in [0.717, 1.165) is 18.4 Å². The molecule has 1 aromatic rings. The number of unbranched alkanes of at least 4 members (excludes halogenated alkanes) is 7. The van der Waals surface area contributed by atoms with Crippen molar-refractivity contribution in [1.29, 1.82) is 0 Å². The second kappa shape index (κ2) is 13.4. The van der Waals surface area contributed by atoms with Crippen molar-refractivity contribution < 1.29 is 14.8 Å². The van der Waals surface area contributed by atoms with Gasteiger partial charge >= 0.3 is 0 Å². The first-order chi connectivity index (χ1) is 12.2. The standard InChI is InChI=1S/C20H32N2O3/c1-2-3-4-5-6-7-8-12-15-21-19(23)18(20(24)22-25)16-17-13-10-9-11-14-17/h9-11,13-14,18,25H,2-8,12,15-16H2,1H3,(H,21,23)(H,22,24). The number of carbonyl (C=O) groups excluding carboxylic acids is 2. The molecule has 0 spiro atoms. The molecule has 25 heavy (non-hydrogen) atoms. The number of hydrogen-bond donors (Lipinski definition) is 3. The number of rotatable bonds is 13. The maximum atomic E-state index is 12.3. The topological polar surface area (TPSA) is 78.4 Å². The van der Waals surface area contributed by atoms with Crippen molar-refractivity contribution in [2.75, 3.05) is 6.54 Å². The Hall–Kier alpha value is -1.88. The number of benzene rings is 1. The molecule has 5 heteroatoms. The Morgan fingerprint density at radius 1 is 0.920 bits per heavy atom. The van der Waals surface area contributed by atoms with Crippen molar-refractivity contribution in [3.05, 3.63) is 35.9 Å². The SMILES string of the molecule is CCCCCCCCCCNC(=O)C(Cc1ccccc1)C(=O)NO. The Balaban J connectivity index is 2.27. The molecule has 0 aliphatic carbocycles. The fourth-order valence-corrected chi connectivity index (χ4v) is 2.83. The number of hydrogen-bond acceptors (Lipinski definition) is 3. The Bertz CT molecular complexity index is 491. The van der Waals surface area contributed by atoms with Gasteiger partial charge in [-0.2, -0.15) is 0 Å². The van der Waals surface area contributed by atoms with Gasteiger partial charge in [0.05, 0.1) is 0 Å². The van der Waals surface area contributed by atoms with Gasteiger partial charge in [0.1, 0.15) is 5.92 Å². The second-order valence-corrected chi connectivity index (χ2v) is 6.48. The molecule has 2 amide bonds. The number of nitrogens with one attached hydrogen (secondary N) is 2. The van der Waals surface area contributed by atoms with E-state index < -0.39 is 11.8 Å².